The standard InChI is InChI=1S/C25H24N2O2S/c1-2-18-11-13-20(14-12-18)26-25(29)21-8-4-6-10-23(21)30-17-24(28)27-16-15-19-7-3-5-9-22(19)27/h3-14H,2,15-17H2,1H3,(H,26,29). The molecule has 0 spiro atoms. The average Bonchev–Trinajstić information content (AvgIpc) is 3.22. The van der Waals surface area contributed by atoms with Gasteiger partial charge in [0.2, 0.25) is 5.91 Å². The van der Waals surface area contributed by atoms with Crippen molar-refractivity contribution in [2.75, 3.05) is 22.5 Å². The van der Waals surface area contributed by atoms with Crippen LogP contribution in [0.5, 0.6) is 0 Å². The van der Waals surface area contributed by atoms with E-state index in [1.165, 1.54) is 22.9 Å². The molecule has 1 aliphatic rings. The number of hydrogen-bond donors (Lipinski definition) is 1. The molecule has 1 heterocycles. The van der Waals surface area contributed by atoms with Crippen LogP contribution in [0.2, 0.25) is 0 Å². The fraction of sp³-hybridized carbons (Fsp3) is 0.200. The third kappa shape index (κ3) is 4.41. The number of benzene rings is 3. The van der Waals surface area contributed by atoms with Crippen LogP contribution in [-0.2, 0) is 17.6 Å². The first-order valence-corrected chi connectivity index (χ1v) is 11.1. The lowest BCUT2D eigenvalue weighted by Gasteiger charge is -2.17. The van der Waals surface area contributed by atoms with E-state index in [4.69, 9.17) is 0 Å². The van der Waals surface area contributed by atoms with Gasteiger partial charge in [-0.05, 0) is 54.3 Å². The molecule has 30 heavy (non-hydrogen) atoms. The number of carbonyl (C=O) groups is 2. The van der Waals surface area contributed by atoms with Crippen molar-refractivity contribution in [3.05, 3.63) is 89.5 Å². The molecule has 0 aromatic heterocycles. The van der Waals surface area contributed by atoms with Crippen molar-refractivity contribution in [3.63, 3.8) is 0 Å². The van der Waals surface area contributed by atoms with Crippen molar-refractivity contribution in [1.29, 1.82) is 0 Å². The van der Waals surface area contributed by atoms with Crippen LogP contribution in [0.1, 0.15) is 28.4 Å². The second kappa shape index (κ2) is 9.18. The Morgan fingerprint density at radius 1 is 0.967 bits per heavy atom. The lowest BCUT2D eigenvalue weighted by Crippen LogP contribution is -2.30. The minimum absolute atomic E-state index is 0.0651. The molecule has 1 aliphatic heterocycles. The van der Waals surface area contributed by atoms with Crippen molar-refractivity contribution in [2.24, 2.45) is 0 Å². The van der Waals surface area contributed by atoms with E-state index >= 15 is 0 Å². The van der Waals surface area contributed by atoms with Crippen LogP contribution in [0.25, 0.3) is 0 Å². The fourth-order valence-corrected chi connectivity index (χ4v) is 4.54. The third-order valence-electron chi connectivity index (χ3n) is 5.29. The first-order valence-electron chi connectivity index (χ1n) is 10.2. The van der Waals surface area contributed by atoms with Crippen LogP contribution < -0.4 is 10.2 Å². The number of thioether (sulfide) groups is 1. The van der Waals surface area contributed by atoms with Gasteiger partial charge in [0.05, 0.1) is 11.3 Å². The monoisotopic (exact) mass is 416 g/mol. The summed E-state index contributed by atoms with van der Waals surface area (Å²) >= 11 is 1.41. The number of amides is 2. The number of aryl methyl sites for hydroxylation is 1. The second-order valence-corrected chi connectivity index (χ2v) is 8.23. The van der Waals surface area contributed by atoms with Crippen LogP contribution in [-0.4, -0.2) is 24.1 Å². The molecule has 0 radical (unpaired) electrons. The summed E-state index contributed by atoms with van der Waals surface area (Å²) in [5, 5.41) is 2.96. The summed E-state index contributed by atoms with van der Waals surface area (Å²) in [4.78, 5) is 28.3. The zero-order valence-electron chi connectivity index (χ0n) is 16.9. The summed E-state index contributed by atoms with van der Waals surface area (Å²) in [6.07, 6.45) is 1.85. The Hall–Kier alpha value is -3.05. The van der Waals surface area contributed by atoms with Gasteiger partial charge in [-0.25, -0.2) is 0 Å². The minimum atomic E-state index is -0.165. The molecule has 3 aromatic carbocycles. The van der Waals surface area contributed by atoms with E-state index in [1.54, 1.807) is 6.07 Å². The van der Waals surface area contributed by atoms with E-state index in [9.17, 15) is 9.59 Å². The van der Waals surface area contributed by atoms with Gasteiger partial charge in [-0.1, -0.05) is 49.4 Å². The van der Waals surface area contributed by atoms with Crippen LogP contribution >= 0.6 is 11.8 Å². The van der Waals surface area contributed by atoms with Gasteiger partial charge in [-0.3, -0.25) is 9.59 Å². The largest absolute Gasteiger partial charge is 0.322 e. The predicted molar refractivity (Wildman–Crippen MR) is 123 cm³/mol. The normalized spacial score (nSPS) is 12.5. The first kappa shape index (κ1) is 20.2. The van der Waals surface area contributed by atoms with Crippen LogP contribution in [0, 0.1) is 0 Å². The first-order chi connectivity index (χ1) is 14.7. The van der Waals surface area contributed by atoms with E-state index in [0.29, 0.717) is 17.9 Å². The summed E-state index contributed by atoms with van der Waals surface area (Å²) in [6, 6.07) is 23.3. The van der Waals surface area contributed by atoms with Gasteiger partial charge in [0, 0.05) is 22.8 Å². The molecule has 0 saturated heterocycles. The lowest BCUT2D eigenvalue weighted by atomic mass is 10.1. The van der Waals surface area contributed by atoms with Crippen LogP contribution in [0.4, 0.5) is 11.4 Å². The molecule has 2 amide bonds. The van der Waals surface area contributed by atoms with E-state index in [0.717, 1.165) is 29.1 Å². The summed E-state index contributed by atoms with van der Waals surface area (Å²) in [5.74, 6) is 0.195. The van der Waals surface area contributed by atoms with Gasteiger partial charge >= 0.3 is 0 Å². The van der Waals surface area contributed by atoms with E-state index in [-0.39, 0.29) is 11.8 Å². The van der Waals surface area contributed by atoms with E-state index in [1.807, 2.05) is 65.6 Å². The highest BCUT2D eigenvalue weighted by molar-refractivity contribution is 8.00. The fourth-order valence-electron chi connectivity index (χ4n) is 3.62. The molecule has 0 fully saturated rings. The van der Waals surface area contributed by atoms with Crippen molar-refractivity contribution >= 4 is 35.0 Å². The third-order valence-corrected chi connectivity index (χ3v) is 6.35. The summed E-state index contributed by atoms with van der Waals surface area (Å²) in [6.45, 7) is 2.82. The zero-order chi connectivity index (χ0) is 20.9. The lowest BCUT2D eigenvalue weighted by molar-refractivity contribution is -0.116. The number of carbonyl (C=O) groups excluding carboxylic acids is 2. The molecule has 0 bridgehead atoms. The maximum Gasteiger partial charge on any atom is 0.256 e. The number of fused-ring (bicyclic) bond motifs is 1. The maximum atomic E-state index is 12.8. The Kier molecular flexibility index (Phi) is 6.19. The van der Waals surface area contributed by atoms with Crippen molar-refractivity contribution in [3.8, 4) is 0 Å². The van der Waals surface area contributed by atoms with Crippen LogP contribution in [0.15, 0.2) is 77.7 Å². The van der Waals surface area contributed by atoms with Crippen molar-refractivity contribution in [2.45, 2.75) is 24.7 Å². The Bertz CT molecular complexity index is 1060. The Morgan fingerprint density at radius 3 is 2.50 bits per heavy atom. The van der Waals surface area contributed by atoms with E-state index < -0.39 is 0 Å². The maximum absolute atomic E-state index is 12.8. The van der Waals surface area contributed by atoms with Gasteiger partial charge in [-0.2, -0.15) is 0 Å². The molecule has 0 aliphatic carbocycles. The van der Waals surface area contributed by atoms with Gasteiger partial charge in [0.25, 0.3) is 5.91 Å². The SMILES string of the molecule is CCc1ccc(NC(=O)c2ccccc2SCC(=O)N2CCc3ccccc32)cc1. The predicted octanol–water partition coefficient (Wildman–Crippen LogP) is 5.18. The van der Waals surface area contributed by atoms with Gasteiger partial charge in [-0.15, -0.1) is 11.8 Å². The van der Waals surface area contributed by atoms with Gasteiger partial charge in [0.1, 0.15) is 0 Å². The summed E-state index contributed by atoms with van der Waals surface area (Å²) in [7, 11) is 0. The number of nitrogens with one attached hydrogen (secondary N) is 1. The highest BCUT2D eigenvalue weighted by Gasteiger charge is 2.24. The molecule has 1 N–H and O–H groups in total. The minimum Gasteiger partial charge on any atom is -0.322 e. The number of anilines is 2. The number of rotatable bonds is 6. The van der Waals surface area contributed by atoms with Crippen molar-refractivity contribution in [1.82, 2.24) is 0 Å². The molecule has 4 rings (SSSR count). The molecule has 3 aromatic rings. The number of nitrogens with zero attached hydrogens (tertiary/aromatic N) is 1. The molecule has 0 saturated carbocycles. The Balaban J connectivity index is 1.43. The smallest absolute Gasteiger partial charge is 0.256 e. The van der Waals surface area contributed by atoms with Gasteiger partial charge < -0.3 is 10.2 Å². The number of hydrogen-bond acceptors (Lipinski definition) is 3. The molecule has 0 unspecified atom stereocenters. The molecule has 152 valence electrons. The molecular weight excluding hydrogens is 392 g/mol. The Morgan fingerprint density at radius 2 is 1.70 bits per heavy atom. The molecule has 4 nitrogen and oxygen atoms in total. The quantitative estimate of drug-likeness (QED) is 0.563. The Labute approximate surface area is 181 Å². The average molecular weight is 417 g/mol. The highest BCUT2D eigenvalue weighted by Crippen LogP contribution is 2.30. The zero-order valence-corrected chi connectivity index (χ0v) is 17.7. The molecular formula is C25H24N2O2S. The van der Waals surface area contributed by atoms with Gasteiger partial charge in [0.15, 0.2) is 0 Å². The second-order valence-electron chi connectivity index (χ2n) is 7.21. The molecule has 0 atom stereocenters. The molecule has 5 heteroatoms. The van der Waals surface area contributed by atoms with Crippen LogP contribution in [0.3, 0.4) is 0 Å². The van der Waals surface area contributed by atoms with E-state index in [2.05, 4.69) is 18.3 Å². The topological polar surface area (TPSA) is 49.4 Å². The highest BCUT2D eigenvalue weighted by atomic mass is 32.2. The van der Waals surface area contributed by atoms with Crippen molar-refractivity contribution < 1.29 is 9.59 Å². The number of para-hydroxylation sites is 1. The summed E-state index contributed by atoms with van der Waals surface area (Å²) < 4.78 is 0. The summed E-state index contributed by atoms with van der Waals surface area (Å²) in [5.41, 5.74) is 4.79.